The Morgan fingerprint density at radius 3 is 2.67 bits per heavy atom. The van der Waals surface area contributed by atoms with E-state index >= 15 is 0 Å². The van der Waals surface area contributed by atoms with Gasteiger partial charge in [-0.05, 0) is 30.7 Å². The number of nitrogens with one attached hydrogen (secondary N) is 1. The van der Waals surface area contributed by atoms with Crippen LogP contribution in [0, 0.1) is 0 Å². The van der Waals surface area contributed by atoms with Gasteiger partial charge in [-0.25, -0.2) is 4.98 Å². The SMILES string of the molecule is CNC(c1cccc(Br)c1)c1nc(C(C)C)cs1. The fourth-order valence-corrected chi connectivity index (χ4v) is 3.35. The van der Waals surface area contributed by atoms with Crippen molar-refractivity contribution < 1.29 is 0 Å². The molecule has 1 atom stereocenters. The zero-order valence-corrected chi connectivity index (χ0v) is 13.2. The molecular formula is C14H17BrN2S. The lowest BCUT2D eigenvalue weighted by Crippen LogP contribution is -2.17. The highest BCUT2D eigenvalue weighted by atomic mass is 79.9. The molecule has 1 aromatic heterocycles. The summed E-state index contributed by atoms with van der Waals surface area (Å²) in [6.45, 7) is 4.35. The molecule has 1 aromatic carbocycles. The first-order chi connectivity index (χ1) is 8.61. The number of hydrogen-bond acceptors (Lipinski definition) is 3. The normalized spacial score (nSPS) is 12.9. The molecule has 1 N–H and O–H groups in total. The van der Waals surface area contributed by atoms with E-state index in [1.165, 1.54) is 11.3 Å². The van der Waals surface area contributed by atoms with Crippen LogP contribution in [0.15, 0.2) is 34.1 Å². The first-order valence-electron chi connectivity index (χ1n) is 6.00. The Kier molecular flexibility index (Phi) is 4.54. The van der Waals surface area contributed by atoms with Crippen molar-refractivity contribution in [2.24, 2.45) is 0 Å². The van der Waals surface area contributed by atoms with Gasteiger partial charge in [-0.1, -0.05) is 41.9 Å². The van der Waals surface area contributed by atoms with Crippen LogP contribution in [0.2, 0.25) is 0 Å². The lowest BCUT2D eigenvalue weighted by molar-refractivity contribution is 0.678. The summed E-state index contributed by atoms with van der Waals surface area (Å²) in [4.78, 5) is 4.73. The molecule has 0 saturated carbocycles. The number of aromatic nitrogens is 1. The predicted molar refractivity (Wildman–Crippen MR) is 81.2 cm³/mol. The standard InChI is InChI=1S/C14H17BrN2S/c1-9(2)12-8-18-14(17-12)13(16-3)10-5-4-6-11(15)7-10/h4-9,13,16H,1-3H3. The highest BCUT2D eigenvalue weighted by Crippen LogP contribution is 2.28. The first-order valence-corrected chi connectivity index (χ1v) is 7.67. The van der Waals surface area contributed by atoms with Gasteiger partial charge in [-0.15, -0.1) is 11.3 Å². The summed E-state index contributed by atoms with van der Waals surface area (Å²) in [5.74, 6) is 0.481. The first kappa shape index (κ1) is 13.7. The van der Waals surface area contributed by atoms with E-state index in [0.717, 1.165) is 9.48 Å². The van der Waals surface area contributed by atoms with Crippen molar-refractivity contribution >= 4 is 27.3 Å². The van der Waals surface area contributed by atoms with Gasteiger partial charge in [0.05, 0.1) is 11.7 Å². The highest BCUT2D eigenvalue weighted by molar-refractivity contribution is 9.10. The largest absolute Gasteiger partial charge is 0.307 e. The van der Waals surface area contributed by atoms with Crippen LogP contribution in [-0.2, 0) is 0 Å². The Morgan fingerprint density at radius 2 is 2.11 bits per heavy atom. The van der Waals surface area contributed by atoms with Crippen molar-refractivity contribution in [2.75, 3.05) is 7.05 Å². The van der Waals surface area contributed by atoms with Crippen LogP contribution >= 0.6 is 27.3 Å². The van der Waals surface area contributed by atoms with Crippen LogP contribution in [-0.4, -0.2) is 12.0 Å². The summed E-state index contributed by atoms with van der Waals surface area (Å²) in [6.07, 6.45) is 0. The third-order valence-corrected chi connectivity index (χ3v) is 4.27. The Bertz CT molecular complexity index is 522. The quantitative estimate of drug-likeness (QED) is 0.905. The molecule has 0 bridgehead atoms. The maximum absolute atomic E-state index is 4.73. The van der Waals surface area contributed by atoms with E-state index < -0.39 is 0 Å². The molecule has 96 valence electrons. The molecule has 0 spiro atoms. The van der Waals surface area contributed by atoms with Crippen molar-refractivity contribution in [1.82, 2.24) is 10.3 Å². The van der Waals surface area contributed by atoms with E-state index in [4.69, 9.17) is 4.98 Å². The van der Waals surface area contributed by atoms with Crippen LogP contribution in [0.3, 0.4) is 0 Å². The lowest BCUT2D eigenvalue weighted by atomic mass is 10.1. The summed E-state index contributed by atoms with van der Waals surface area (Å²) in [5.41, 5.74) is 2.40. The zero-order chi connectivity index (χ0) is 13.1. The molecule has 0 radical (unpaired) electrons. The third-order valence-electron chi connectivity index (χ3n) is 2.85. The topological polar surface area (TPSA) is 24.9 Å². The lowest BCUT2D eigenvalue weighted by Gasteiger charge is -2.14. The minimum absolute atomic E-state index is 0.167. The fourth-order valence-electron chi connectivity index (χ4n) is 1.82. The van der Waals surface area contributed by atoms with Gasteiger partial charge in [-0.3, -0.25) is 0 Å². The molecular weight excluding hydrogens is 308 g/mol. The van der Waals surface area contributed by atoms with Gasteiger partial charge in [0.1, 0.15) is 5.01 Å². The van der Waals surface area contributed by atoms with Crippen LogP contribution in [0.1, 0.15) is 42.1 Å². The Morgan fingerprint density at radius 1 is 1.33 bits per heavy atom. The predicted octanol–water partition coefficient (Wildman–Crippen LogP) is 4.34. The molecule has 0 amide bonds. The van der Waals surface area contributed by atoms with Gasteiger partial charge in [0.2, 0.25) is 0 Å². The maximum atomic E-state index is 4.73. The van der Waals surface area contributed by atoms with Crippen molar-refractivity contribution in [3.63, 3.8) is 0 Å². The smallest absolute Gasteiger partial charge is 0.114 e. The second-order valence-corrected chi connectivity index (χ2v) is 6.35. The second-order valence-electron chi connectivity index (χ2n) is 4.54. The molecule has 0 aliphatic carbocycles. The summed E-state index contributed by atoms with van der Waals surface area (Å²) >= 11 is 5.24. The summed E-state index contributed by atoms with van der Waals surface area (Å²) in [7, 11) is 1.97. The van der Waals surface area contributed by atoms with E-state index in [0.29, 0.717) is 5.92 Å². The summed E-state index contributed by atoms with van der Waals surface area (Å²) in [5, 5.41) is 6.62. The third kappa shape index (κ3) is 2.99. The van der Waals surface area contributed by atoms with E-state index in [1.54, 1.807) is 11.3 Å². The minimum Gasteiger partial charge on any atom is -0.307 e. The molecule has 4 heteroatoms. The van der Waals surface area contributed by atoms with Crippen LogP contribution in [0.5, 0.6) is 0 Å². The molecule has 0 saturated heterocycles. The Balaban J connectivity index is 2.33. The maximum Gasteiger partial charge on any atom is 0.114 e. The van der Waals surface area contributed by atoms with Crippen LogP contribution in [0.4, 0.5) is 0 Å². The molecule has 0 aliphatic rings. The average molecular weight is 325 g/mol. The van der Waals surface area contributed by atoms with Gasteiger partial charge in [0.15, 0.2) is 0 Å². The molecule has 2 aromatic rings. The summed E-state index contributed by atoms with van der Waals surface area (Å²) in [6, 6.07) is 8.53. The van der Waals surface area contributed by atoms with Gasteiger partial charge in [-0.2, -0.15) is 0 Å². The van der Waals surface area contributed by atoms with Gasteiger partial charge >= 0.3 is 0 Å². The molecule has 1 heterocycles. The van der Waals surface area contributed by atoms with Gasteiger partial charge in [0, 0.05) is 9.85 Å². The Hall–Kier alpha value is -0.710. The number of thiazole rings is 1. The molecule has 2 nitrogen and oxygen atoms in total. The van der Waals surface area contributed by atoms with Gasteiger partial charge in [0.25, 0.3) is 0 Å². The van der Waals surface area contributed by atoms with Crippen molar-refractivity contribution in [3.8, 4) is 0 Å². The van der Waals surface area contributed by atoms with Crippen molar-refractivity contribution in [1.29, 1.82) is 0 Å². The number of benzene rings is 1. The summed E-state index contributed by atoms with van der Waals surface area (Å²) < 4.78 is 1.10. The Labute approximate surface area is 121 Å². The fraction of sp³-hybridized carbons (Fsp3) is 0.357. The second kappa shape index (κ2) is 5.95. The monoisotopic (exact) mass is 324 g/mol. The number of halogens is 1. The number of hydrogen-bond donors (Lipinski definition) is 1. The average Bonchev–Trinajstić information content (AvgIpc) is 2.80. The van der Waals surface area contributed by atoms with E-state index in [2.05, 4.69) is 58.7 Å². The number of rotatable bonds is 4. The van der Waals surface area contributed by atoms with Crippen LogP contribution in [0.25, 0.3) is 0 Å². The van der Waals surface area contributed by atoms with E-state index in [1.807, 2.05) is 13.1 Å². The van der Waals surface area contributed by atoms with E-state index in [-0.39, 0.29) is 6.04 Å². The highest BCUT2D eigenvalue weighted by Gasteiger charge is 2.17. The van der Waals surface area contributed by atoms with Crippen molar-refractivity contribution in [3.05, 3.63) is 50.4 Å². The van der Waals surface area contributed by atoms with Crippen molar-refractivity contribution in [2.45, 2.75) is 25.8 Å². The molecule has 1 unspecified atom stereocenters. The number of nitrogens with zero attached hydrogens (tertiary/aromatic N) is 1. The molecule has 0 aliphatic heterocycles. The molecule has 0 fully saturated rings. The molecule has 2 rings (SSSR count). The van der Waals surface area contributed by atoms with E-state index in [9.17, 15) is 0 Å². The molecule has 18 heavy (non-hydrogen) atoms. The minimum atomic E-state index is 0.167. The van der Waals surface area contributed by atoms with Crippen LogP contribution < -0.4 is 5.32 Å². The van der Waals surface area contributed by atoms with Gasteiger partial charge < -0.3 is 5.32 Å². The zero-order valence-electron chi connectivity index (χ0n) is 10.8.